The second kappa shape index (κ2) is 9.14. The predicted molar refractivity (Wildman–Crippen MR) is 123 cm³/mol. The van der Waals surface area contributed by atoms with Gasteiger partial charge in [-0.1, -0.05) is 36.7 Å². The van der Waals surface area contributed by atoms with Gasteiger partial charge in [0.1, 0.15) is 5.82 Å². The summed E-state index contributed by atoms with van der Waals surface area (Å²) in [6, 6.07) is 17.1. The zero-order valence-electron chi connectivity index (χ0n) is 17.4. The maximum Gasteiger partial charge on any atom is 0.256 e. The van der Waals surface area contributed by atoms with Crippen LogP contribution in [0.1, 0.15) is 23.7 Å². The van der Waals surface area contributed by atoms with Gasteiger partial charge < -0.3 is 10.2 Å². The number of benzene rings is 2. The van der Waals surface area contributed by atoms with E-state index in [1.165, 1.54) is 4.80 Å². The molecular weight excluding hydrogens is 412 g/mol. The lowest BCUT2D eigenvalue weighted by Gasteiger charge is -2.28. The fourth-order valence-corrected chi connectivity index (χ4v) is 3.66. The van der Waals surface area contributed by atoms with Crippen LogP contribution in [0.2, 0.25) is 5.02 Å². The molecule has 1 amide bonds. The van der Waals surface area contributed by atoms with E-state index in [0.717, 1.165) is 23.1 Å². The number of halogens is 1. The smallest absolute Gasteiger partial charge is 0.256 e. The van der Waals surface area contributed by atoms with E-state index in [1.54, 1.807) is 42.5 Å². The topological polar surface area (TPSA) is 75.9 Å². The van der Waals surface area contributed by atoms with E-state index in [9.17, 15) is 4.79 Å². The molecule has 0 radical (unpaired) electrons. The molecule has 0 aliphatic carbocycles. The molecule has 8 heteroatoms. The number of carbonyl (C=O) groups excluding carboxylic acids is 1. The number of amides is 1. The Bertz CT molecular complexity index is 1190. The van der Waals surface area contributed by atoms with Crippen molar-refractivity contribution in [3.63, 3.8) is 0 Å². The van der Waals surface area contributed by atoms with Crippen LogP contribution < -0.4 is 5.32 Å². The fraction of sp³-hybridized carbons (Fsp3) is 0.217. The Labute approximate surface area is 185 Å². The minimum absolute atomic E-state index is 0.0433. The van der Waals surface area contributed by atoms with Gasteiger partial charge in [-0.2, -0.15) is 15.0 Å². The van der Waals surface area contributed by atoms with Gasteiger partial charge in [0.05, 0.1) is 29.2 Å². The number of aromatic nitrogens is 4. The van der Waals surface area contributed by atoms with E-state index < -0.39 is 0 Å². The molecule has 2 aromatic carbocycles. The average molecular weight is 435 g/mol. The van der Waals surface area contributed by atoms with E-state index in [4.69, 9.17) is 11.6 Å². The molecule has 0 spiro atoms. The van der Waals surface area contributed by atoms with Gasteiger partial charge in [-0.15, -0.1) is 0 Å². The Balaban J connectivity index is 1.52. The highest BCUT2D eigenvalue weighted by atomic mass is 35.5. The first-order valence-corrected chi connectivity index (χ1v) is 10.5. The van der Waals surface area contributed by atoms with Gasteiger partial charge in [-0.05, 0) is 42.8 Å². The third-order valence-corrected chi connectivity index (χ3v) is 5.51. The van der Waals surface area contributed by atoms with E-state index in [2.05, 4.69) is 27.4 Å². The van der Waals surface area contributed by atoms with Crippen molar-refractivity contribution in [2.75, 3.05) is 18.9 Å². The zero-order valence-corrected chi connectivity index (χ0v) is 18.1. The predicted octanol–water partition coefficient (Wildman–Crippen LogP) is 4.43. The molecule has 4 rings (SSSR count). The van der Waals surface area contributed by atoms with Crippen LogP contribution in [0.25, 0.3) is 16.6 Å². The summed E-state index contributed by atoms with van der Waals surface area (Å²) >= 11 is 6.19. The maximum absolute atomic E-state index is 13.4. The first-order chi connectivity index (χ1) is 15.1. The van der Waals surface area contributed by atoms with Crippen LogP contribution in [-0.4, -0.2) is 50.4 Å². The summed E-state index contributed by atoms with van der Waals surface area (Å²) < 4.78 is 0. The van der Waals surface area contributed by atoms with Gasteiger partial charge in [0.2, 0.25) is 0 Å². The minimum Gasteiger partial charge on any atom is -0.368 e. The van der Waals surface area contributed by atoms with Crippen molar-refractivity contribution < 1.29 is 4.79 Å². The zero-order chi connectivity index (χ0) is 21.8. The molecule has 0 fully saturated rings. The highest BCUT2D eigenvalue weighted by Gasteiger charge is 2.23. The Kier molecular flexibility index (Phi) is 6.13. The van der Waals surface area contributed by atoms with Crippen LogP contribution in [0.3, 0.4) is 0 Å². The van der Waals surface area contributed by atoms with Crippen molar-refractivity contribution in [3.05, 3.63) is 77.6 Å². The molecule has 2 aromatic heterocycles. The molecule has 0 bridgehead atoms. The first-order valence-electron chi connectivity index (χ1n) is 10.1. The molecule has 1 unspecified atom stereocenters. The second-order valence-corrected chi connectivity index (χ2v) is 7.66. The van der Waals surface area contributed by atoms with Crippen LogP contribution in [0.15, 0.2) is 67.0 Å². The highest BCUT2D eigenvalue weighted by molar-refractivity contribution is 6.31. The maximum atomic E-state index is 13.4. The molecule has 0 saturated carbocycles. The Morgan fingerprint density at radius 1 is 1.13 bits per heavy atom. The van der Waals surface area contributed by atoms with Crippen molar-refractivity contribution in [1.82, 2.24) is 24.9 Å². The lowest BCUT2D eigenvalue weighted by Crippen LogP contribution is -2.41. The molecule has 1 atom stereocenters. The number of hydrogen-bond donors (Lipinski definition) is 1. The number of hydrogen-bond acceptors (Lipinski definition) is 5. The van der Waals surface area contributed by atoms with E-state index in [0.29, 0.717) is 22.8 Å². The number of fused-ring (bicyclic) bond motifs is 1. The van der Waals surface area contributed by atoms with Gasteiger partial charge in [0.25, 0.3) is 5.91 Å². The van der Waals surface area contributed by atoms with Gasteiger partial charge in [0.15, 0.2) is 0 Å². The van der Waals surface area contributed by atoms with E-state index in [1.807, 2.05) is 36.4 Å². The molecule has 158 valence electrons. The van der Waals surface area contributed by atoms with Crippen molar-refractivity contribution >= 4 is 34.2 Å². The Morgan fingerprint density at radius 3 is 2.68 bits per heavy atom. The van der Waals surface area contributed by atoms with Gasteiger partial charge >= 0.3 is 0 Å². The Morgan fingerprint density at radius 2 is 1.90 bits per heavy atom. The number of rotatable bonds is 7. The standard InChI is InChI=1S/C23H23ClN6O/c1-3-18(15-25-22-11-8-16-6-4-5-7-20(16)28-22)29(2)23(31)19-14-17(24)9-10-21(19)30-26-12-13-27-30/h4-14,18H,3,15H2,1-2H3,(H,25,28). The number of carbonyl (C=O) groups is 1. The first kappa shape index (κ1) is 20.8. The molecule has 0 aliphatic heterocycles. The van der Waals surface area contributed by atoms with E-state index >= 15 is 0 Å². The van der Waals surface area contributed by atoms with Crippen LogP contribution in [0.4, 0.5) is 5.82 Å². The normalized spacial score (nSPS) is 12.0. The van der Waals surface area contributed by atoms with Crippen LogP contribution in [0.5, 0.6) is 0 Å². The van der Waals surface area contributed by atoms with Crippen LogP contribution >= 0.6 is 11.6 Å². The van der Waals surface area contributed by atoms with Crippen LogP contribution in [-0.2, 0) is 0 Å². The molecule has 1 N–H and O–H groups in total. The number of para-hydroxylation sites is 1. The fourth-order valence-electron chi connectivity index (χ4n) is 3.49. The minimum atomic E-state index is -0.144. The number of pyridine rings is 1. The molecule has 31 heavy (non-hydrogen) atoms. The molecule has 4 aromatic rings. The highest BCUT2D eigenvalue weighted by Crippen LogP contribution is 2.22. The summed E-state index contributed by atoms with van der Waals surface area (Å²) in [7, 11) is 1.80. The summed E-state index contributed by atoms with van der Waals surface area (Å²) in [5.74, 6) is 0.636. The quantitative estimate of drug-likeness (QED) is 0.465. The molecule has 7 nitrogen and oxygen atoms in total. The SMILES string of the molecule is CCC(CNc1ccc2ccccc2n1)N(C)C(=O)c1cc(Cl)ccc1-n1nccn1. The van der Waals surface area contributed by atoms with Gasteiger partial charge in [-0.3, -0.25) is 4.79 Å². The summed E-state index contributed by atoms with van der Waals surface area (Å²) in [6.07, 6.45) is 3.92. The molecular formula is C23H23ClN6O. The van der Waals surface area contributed by atoms with Crippen molar-refractivity contribution in [1.29, 1.82) is 0 Å². The van der Waals surface area contributed by atoms with Crippen LogP contribution in [0, 0.1) is 0 Å². The van der Waals surface area contributed by atoms with Crippen molar-refractivity contribution in [3.8, 4) is 5.69 Å². The Hall–Kier alpha value is -3.45. The number of anilines is 1. The largest absolute Gasteiger partial charge is 0.368 e. The monoisotopic (exact) mass is 434 g/mol. The molecule has 0 aliphatic rings. The summed E-state index contributed by atoms with van der Waals surface area (Å²) in [4.78, 5) is 21.2. The summed E-state index contributed by atoms with van der Waals surface area (Å²) in [5, 5.41) is 13.3. The molecule has 0 saturated heterocycles. The van der Waals surface area contributed by atoms with Gasteiger partial charge in [-0.25, -0.2) is 4.98 Å². The summed E-state index contributed by atoms with van der Waals surface area (Å²) in [6.45, 7) is 2.62. The number of likely N-dealkylation sites (N-methyl/N-ethyl adjacent to an activating group) is 1. The number of nitrogens with one attached hydrogen (secondary N) is 1. The number of nitrogens with zero attached hydrogens (tertiary/aromatic N) is 5. The van der Waals surface area contributed by atoms with Gasteiger partial charge in [0, 0.05) is 30.0 Å². The van der Waals surface area contributed by atoms with Crippen molar-refractivity contribution in [2.45, 2.75) is 19.4 Å². The second-order valence-electron chi connectivity index (χ2n) is 7.23. The van der Waals surface area contributed by atoms with E-state index in [-0.39, 0.29) is 11.9 Å². The third-order valence-electron chi connectivity index (χ3n) is 5.28. The lowest BCUT2D eigenvalue weighted by molar-refractivity contribution is 0.0735. The average Bonchev–Trinajstić information content (AvgIpc) is 3.33. The molecule has 2 heterocycles. The third kappa shape index (κ3) is 4.51. The van der Waals surface area contributed by atoms with Crippen molar-refractivity contribution in [2.24, 2.45) is 0 Å². The lowest BCUT2D eigenvalue weighted by atomic mass is 10.1. The summed E-state index contributed by atoms with van der Waals surface area (Å²) in [5.41, 5.74) is 1.97.